The Morgan fingerprint density at radius 3 is 2.74 bits per heavy atom. The van der Waals surface area contributed by atoms with Crippen LogP contribution in [0.25, 0.3) is 17.3 Å². The van der Waals surface area contributed by atoms with Crippen molar-refractivity contribution in [1.29, 1.82) is 0 Å². The molecule has 2 amide bonds. The third-order valence-corrected chi connectivity index (χ3v) is 6.96. The van der Waals surface area contributed by atoms with Crippen molar-refractivity contribution in [2.45, 2.75) is 44.3 Å². The summed E-state index contributed by atoms with van der Waals surface area (Å²) in [4.78, 5) is 29.2. The molecule has 2 aromatic heterocycles. The van der Waals surface area contributed by atoms with Gasteiger partial charge in [-0.15, -0.1) is 10.2 Å². The maximum absolute atomic E-state index is 13.0. The van der Waals surface area contributed by atoms with Crippen molar-refractivity contribution >= 4 is 35.2 Å². The number of rotatable bonds is 8. The summed E-state index contributed by atoms with van der Waals surface area (Å²) in [5, 5.41) is 9.79. The van der Waals surface area contributed by atoms with E-state index in [1.807, 2.05) is 45.6 Å². The van der Waals surface area contributed by atoms with Gasteiger partial charge in [0.2, 0.25) is 17.6 Å². The second-order valence-corrected chi connectivity index (χ2v) is 9.65. The first-order chi connectivity index (χ1) is 16.5. The molecule has 3 aromatic rings. The molecule has 1 aliphatic heterocycles. The van der Waals surface area contributed by atoms with Gasteiger partial charge in [0.25, 0.3) is 0 Å². The zero-order chi connectivity index (χ0) is 24.1. The summed E-state index contributed by atoms with van der Waals surface area (Å²) in [6, 6.07) is 11.0. The van der Waals surface area contributed by atoms with Gasteiger partial charge >= 0.3 is 0 Å². The van der Waals surface area contributed by atoms with Crippen LogP contribution in [0.5, 0.6) is 0 Å². The lowest BCUT2D eigenvalue weighted by molar-refractivity contribution is -0.141. The van der Waals surface area contributed by atoms with E-state index in [-0.39, 0.29) is 23.6 Å². The first-order valence-corrected chi connectivity index (χ1v) is 12.8. The van der Waals surface area contributed by atoms with Crippen molar-refractivity contribution in [2.24, 2.45) is 0 Å². The largest absolute Gasteiger partial charge is 0.461 e. The normalized spacial score (nSPS) is 16.1. The molecule has 34 heavy (non-hydrogen) atoms. The molecule has 3 heterocycles. The van der Waals surface area contributed by atoms with Crippen LogP contribution in [0.1, 0.15) is 33.1 Å². The van der Waals surface area contributed by atoms with Crippen molar-refractivity contribution in [3.05, 3.63) is 47.7 Å². The van der Waals surface area contributed by atoms with Crippen LogP contribution in [-0.4, -0.2) is 67.8 Å². The van der Waals surface area contributed by atoms with Gasteiger partial charge in [-0.3, -0.25) is 14.2 Å². The molecule has 1 saturated heterocycles. The third kappa shape index (κ3) is 5.47. The Bertz CT molecular complexity index is 1130. The zero-order valence-electron chi connectivity index (χ0n) is 19.3. The van der Waals surface area contributed by atoms with E-state index in [4.69, 9.17) is 16.0 Å². The fourth-order valence-corrected chi connectivity index (χ4v) is 5.06. The Hall–Kier alpha value is -2.78. The molecule has 0 saturated carbocycles. The third-order valence-electron chi connectivity index (χ3n) is 5.81. The van der Waals surface area contributed by atoms with Gasteiger partial charge in [0.15, 0.2) is 10.9 Å². The lowest BCUT2D eigenvalue weighted by Gasteiger charge is -2.40. The highest BCUT2D eigenvalue weighted by Gasteiger charge is 2.29. The molecule has 10 heteroatoms. The van der Waals surface area contributed by atoms with E-state index in [1.165, 1.54) is 11.8 Å². The van der Waals surface area contributed by atoms with Crippen molar-refractivity contribution < 1.29 is 14.0 Å². The number of thioether (sulfide) groups is 1. The molecule has 8 nitrogen and oxygen atoms in total. The van der Waals surface area contributed by atoms with Gasteiger partial charge in [-0.1, -0.05) is 42.8 Å². The summed E-state index contributed by atoms with van der Waals surface area (Å²) < 4.78 is 7.38. The molecule has 180 valence electrons. The van der Waals surface area contributed by atoms with E-state index in [0.717, 1.165) is 18.5 Å². The molecule has 1 aromatic carbocycles. The lowest BCUT2D eigenvalue weighted by Crippen LogP contribution is -2.55. The molecule has 4 rings (SSSR count). The number of halogens is 1. The maximum atomic E-state index is 13.0. The highest BCUT2D eigenvalue weighted by atomic mass is 35.5. The molecule has 0 spiro atoms. The summed E-state index contributed by atoms with van der Waals surface area (Å²) in [5.74, 6) is 1.51. The summed E-state index contributed by atoms with van der Waals surface area (Å²) in [5.41, 5.74) is 0.784. The van der Waals surface area contributed by atoms with Gasteiger partial charge in [-0.2, -0.15) is 0 Å². The summed E-state index contributed by atoms with van der Waals surface area (Å²) in [6.45, 7) is 5.73. The Morgan fingerprint density at radius 2 is 2.03 bits per heavy atom. The average Bonchev–Trinajstić information content (AvgIpc) is 3.50. The maximum Gasteiger partial charge on any atom is 0.233 e. The fraction of sp³-hybridized carbons (Fsp3) is 0.417. The number of carbonyl (C=O) groups is 2. The van der Waals surface area contributed by atoms with E-state index in [9.17, 15) is 9.59 Å². The van der Waals surface area contributed by atoms with E-state index in [2.05, 4.69) is 17.1 Å². The Labute approximate surface area is 208 Å². The van der Waals surface area contributed by atoms with Crippen LogP contribution in [0, 0.1) is 0 Å². The van der Waals surface area contributed by atoms with Crippen LogP contribution in [-0.2, 0) is 9.59 Å². The number of carbonyl (C=O) groups excluding carboxylic acids is 2. The van der Waals surface area contributed by atoms with Gasteiger partial charge in [-0.25, -0.2) is 0 Å². The summed E-state index contributed by atoms with van der Waals surface area (Å²) >= 11 is 7.54. The second-order valence-electron chi connectivity index (χ2n) is 8.27. The molecular weight excluding hydrogens is 474 g/mol. The first-order valence-electron chi connectivity index (χ1n) is 11.4. The standard InChI is InChI=1S/C24H28ClN5O3S/c1-3-4-10-21(31)29-12-11-28(15-17(29)2)22(32)16-34-24-27-26-23(20-9-6-13-33-20)30(24)19-8-5-7-18(25)14-19/h5-9,13-14,17H,3-4,10-12,15-16H2,1-2H3. The van der Waals surface area contributed by atoms with Gasteiger partial charge in [0, 0.05) is 37.1 Å². The summed E-state index contributed by atoms with van der Waals surface area (Å²) in [6.07, 6.45) is 4.05. The highest BCUT2D eigenvalue weighted by molar-refractivity contribution is 7.99. The highest BCUT2D eigenvalue weighted by Crippen LogP contribution is 2.29. The number of furan rings is 1. The molecule has 0 N–H and O–H groups in total. The van der Waals surface area contributed by atoms with E-state index >= 15 is 0 Å². The fourth-order valence-electron chi connectivity index (χ4n) is 4.02. The van der Waals surface area contributed by atoms with Crippen LogP contribution >= 0.6 is 23.4 Å². The second kappa shape index (κ2) is 11.1. The quantitative estimate of drug-likeness (QED) is 0.422. The molecule has 1 unspecified atom stereocenters. The van der Waals surface area contributed by atoms with Gasteiger partial charge in [-0.05, 0) is 43.7 Å². The smallest absolute Gasteiger partial charge is 0.233 e. The number of nitrogens with zero attached hydrogens (tertiary/aromatic N) is 5. The number of piperazine rings is 1. The SMILES string of the molecule is CCCCC(=O)N1CCN(C(=O)CSc2nnc(-c3ccco3)n2-c2cccc(Cl)c2)CC1C. The van der Waals surface area contributed by atoms with Crippen LogP contribution in [0.4, 0.5) is 0 Å². The Morgan fingerprint density at radius 1 is 1.18 bits per heavy atom. The van der Waals surface area contributed by atoms with Crippen molar-refractivity contribution in [3.63, 3.8) is 0 Å². The molecule has 1 aliphatic rings. The van der Waals surface area contributed by atoms with Crippen molar-refractivity contribution in [2.75, 3.05) is 25.4 Å². The minimum Gasteiger partial charge on any atom is -0.461 e. The van der Waals surface area contributed by atoms with Crippen molar-refractivity contribution in [1.82, 2.24) is 24.6 Å². The summed E-state index contributed by atoms with van der Waals surface area (Å²) in [7, 11) is 0. The Kier molecular flexibility index (Phi) is 7.95. The number of hydrogen-bond donors (Lipinski definition) is 0. The minimum absolute atomic E-state index is 0.00715. The lowest BCUT2D eigenvalue weighted by atomic mass is 10.1. The van der Waals surface area contributed by atoms with Gasteiger partial charge in [0.05, 0.1) is 17.7 Å². The molecule has 0 aliphatic carbocycles. The van der Waals surface area contributed by atoms with Crippen LogP contribution in [0.2, 0.25) is 5.02 Å². The monoisotopic (exact) mass is 501 g/mol. The molecule has 0 radical (unpaired) electrons. The Balaban J connectivity index is 1.45. The molecule has 1 atom stereocenters. The predicted octanol–water partition coefficient (Wildman–Crippen LogP) is 4.52. The van der Waals surface area contributed by atoms with E-state index in [0.29, 0.717) is 47.8 Å². The van der Waals surface area contributed by atoms with E-state index in [1.54, 1.807) is 18.4 Å². The topological polar surface area (TPSA) is 84.5 Å². The zero-order valence-corrected chi connectivity index (χ0v) is 20.9. The van der Waals surface area contributed by atoms with E-state index < -0.39 is 0 Å². The number of hydrogen-bond acceptors (Lipinski definition) is 6. The first kappa shape index (κ1) is 24.3. The predicted molar refractivity (Wildman–Crippen MR) is 132 cm³/mol. The van der Waals surface area contributed by atoms with Crippen LogP contribution < -0.4 is 0 Å². The number of benzene rings is 1. The van der Waals surface area contributed by atoms with Crippen molar-refractivity contribution in [3.8, 4) is 17.3 Å². The average molecular weight is 502 g/mol. The number of aromatic nitrogens is 3. The minimum atomic E-state index is 0.00715. The number of unbranched alkanes of at least 4 members (excludes halogenated alkanes) is 1. The van der Waals surface area contributed by atoms with Gasteiger partial charge in [0.1, 0.15) is 0 Å². The van der Waals surface area contributed by atoms with Gasteiger partial charge < -0.3 is 14.2 Å². The van der Waals surface area contributed by atoms with Crippen LogP contribution in [0.3, 0.4) is 0 Å². The molecular formula is C24H28ClN5O3S. The number of amides is 2. The molecule has 0 bridgehead atoms. The van der Waals surface area contributed by atoms with Crippen LogP contribution in [0.15, 0.2) is 52.2 Å². The molecule has 1 fully saturated rings.